The number of likely N-dealkylation sites (tertiary alicyclic amines) is 1. The highest BCUT2D eigenvalue weighted by atomic mass is 35.5. The van der Waals surface area contributed by atoms with Gasteiger partial charge in [-0.05, 0) is 18.4 Å². The molecule has 0 bridgehead atoms. The zero-order chi connectivity index (χ0) is 15.9. The van der Waals surface area contributed by atoms with Crippen molar-refractivity contribution in [1.29, 1.82) is 0 Å². The number of nitrogens with one attached hydrogen (secondary N) is 1. The normalized spacial score (nSPS) is 19.0. The van der Waals surface area contributed by atoms with Gasteiger partial charge in [0, 0.05) is 24.0 Å². The minimum atomic E-state index is -3.52. The number of rotatable bonds is 3. The molecule has 1 atom stereocenters. The van der Waals surface area contributed by atoms with Crippen molar-refractivity contribution in [2.45, 2.75) is 6.42 Å². The van der Waals surface area contributed by atoms with E-state index in [0.29, 0.717) is 30.2 Å². The molecule has 1 aliphatic heterocycles. The van der Waals surface area contributed by atoms with Crippen LogP contribution in [-0.4, -0.2) is 43.1 Å². The van der Waals surface area contributed by atoms with E-state index < -0.39 is 10.0 Å². The lowest BCUT2D eigenvalue weighted by Crippen LogP contribution is -2.31. The molecule has 2 heterocycles. The standard InChI is InChI=1S/C14H16ClN3O3S/c15-12-10-3-1-2-4-11(10)17-13(12)14(19)18-6-5-9(7-18)8-22(16,20)21/h1-4,9,17H,5-8H2,(H2,16,20,21). The zero-order valence-electron chi connectivity index (χ0n) is 11.8. The first-order valence-electron chi connectivity index (χ1n) is 6.91. The van der Waals surface area contributed by atoms with Crippen molar-refractivity contribution in [2.24, 2.45) is 11.1 Å². The molecule has 1 aromatic heterocycles. The molecule has 1 unspecified atom stereocenters. The van der Waals surface area contributed by atoms with Crippen molar-refractivity contribution in [1.82, 2.24) is 9.88 Å². The van der Waals surface area contributed by atoms with Gasteiger partial charge in [-0.2, -0.15) is 0 Å². The minimum absolute atomic E-state index is 0.1000. The van der Waals surface area contributed by atoms with Crippen molar-refractivity contribution in [3.8, 4) is 0 Å². The van der Waals surface area contributed by atoms with E-state index in [2.05, 4.69) is 4.98 Å². The molecule has 0 aliphatic carbocycles. The lowest BCUT2D eigenvalue weighted by Gasteiger charge is -2.15. The number of amides is 1. The van der Waals surface area contributed by atoms with E-state index in [1.165, 1.54) is 0 Å². The number of carbonyl (C=O) groups excluding carboxylic acids is 1. The molecule has 1 aromatic carbocycles. The molecule has 118 valence electrons. The van der Waals surface area contributed by atoms with Crippen LogP contribution in [0.15, 0.2) is 24.3 Å². The number of halogens is 1. The van der Waals surface area contributed by atoms with Gasteiger partial charge in [-0.3, -0.25) is 4.79 Å². The molecule has 8 heteroatoms. The molecule has 2 aromatic rings. The van der Waals surface area contributed by atoms with E-state index in [0.717, 1.165) is 10.9 Å². The van der Waals surface area contributed by atoms with Crippen LogP contribution in [0.4, 0.5) is 0 Å². The Bertz CT molecular complexity index is 831. The highest BCUT2D eigenvalue weighted by Gasteiger charge is 2.31. The number of nitrogens with zero attached hydrogens (tertiary/aromatic N) is 1. The second-order valence-electron chi connectivity index (χ2n) is 5.59. The maximum absolute atomic E-state index is 12.6. The number of primary sulfonamides is 1. The van der Waals surface area contributed by atoms with Crippen molar-refractivity contribution in [3.63, 3.8) is 0 Å². The summed E-state index contributed by atoms with van der Waals surface area (Å²) >= 11 is 6.28. The molecule has 1 amide bonds. The fraction of sp³-hybridized carbons (Fsp3) is 0.357. The summed E-state index contributed by atoms with van der Waals surface area (Å²) in [6.07, 6.45) is 0.625. The number of hydrogen-bond donors (Lipinski definition) is 2. The van der Waals surface area contributed by atoms with Gasteiger partial charge in [0.2, 0.25) is 10.0 Å². The first kappa shape index (κ1) is 15.3. The van der Waals surface area contributed by atoms with Crippen molar-refractivity contribution in [2.75, 3.05) is 18.8 Å². The summed E-state index contributed by atoms with van der Waals surface area (Å²) in [7, 11) is -3.52. The fourth-order valence-electron chi connectivity index (χ4n) is 2.89. The number of H-pyrrole nitrogens is 1. The van der Waals surface area contributed by atoms with Crippen LogP contribution < -0.4 is 5.14 Å². The van der Waals surface area contributed by atoms with Gasteiger partial charge < -0.3 is 9.88 Å². The van der Waals surface area contributed by atoms with Gasteiger partial charge in [-0.1, -0.05) is 29.8 Å². The predicted octanol–water partition coefficient (Wildman–Crippen LogP) is 1.57. The summed E-state index contributed by atoms with van der Waals surface area (Å²) < 4.78 is 22.3. The molecule has 0 spiro atoms. The van der Waals surface area contributed by atoms with Crippen LogP contribution in [-0.2, 0) is 10.0 Å². The van der Waals surface area contributed by atoms with Gasteiger partial charge in [0.15, 0.2) is 0 Å². The Morgan fingerprint density at radius 1 is 1.41 bits per heavy atom. The number of benzene rings is 1. The Hall–Kier alpha value is -1.57. The van der Waals surface area contributed by atoms with Crippen LogP contribution in [0.2, 0.25) is 5.02 Å². The number of fused-ring (bicyclic) bond motifs is 1. The van der Waals surface area contributed by atoms with Gasteiger partial charge >= 0.3 is 0 Å². The third kappa shape index (κ3) is 2.97. The monoisotopic (exact) mass is 341 g/mol. The molecule has 22 heavy (non-hydrogen) atoms. The Labute approximate surface area is 133 Å². The third-order valence-corrected chi connectivity index (χ3v) is 5.23. The lowest BCUT2D eigenvalue weighted by molar-refractivity contribution is 0.0783. The zero-order valence-corrected chi connectivity index (χ0v) is 13.3. The second kappa shape index (κ2) is 5.57. The largest absolute Gasteiger partial charge is 0.349 e. The average Bonchev–Trinajstić information content (AvgIpc) is 3.02. The van der Waals surface area contributed by atoms with Gasteiger partial charge in [0.25, 0.3) is 5.91 Å². The molecule has 0 saturated carbocycles. The number of hydrogen-bond acceptors (Lipinski definition) is 3. The van der Waals surface area contributed by atoms with Gasteiger partial charge in [0.05, 0.1) is 10.8 Å². The van der Waals surface area contributed by atoms with E-state index in [9.17, 15) is 13.2 Å². The van der Waals surface area contributed by atoms with Gasteiger partial charge in [-0.15, -0.1) is 0 Å². The fourth-order valence-corrected chi connectivity index (χ4v) is 4.12. The number of sulfonamides is 1. The molecule has 3 N–H and O–H groups in total. The second-order valence-corrected chi connectivity index (χ2v) is 7.63. The van der Waals surface area contributed by atoms with Crippen molar-refractivity contribution in [3.05, 3.63) is 35.0 Å². The van der Waals surface area contributed by atoms with Crippen molar-refractivity contribution >= 4 is 38.4 Å². The summed E-state index contributed by atoms with van der Waals surface area (Å²) in [6, 6.07) is 7.42. The smallest absolute Gasteiger partial charge is 0.271 e. The maximum atomic E-state index is 12.6. The van der Waals surface area contributed by atoms with E-state index in [4.69, 9.17) is 16.7 Å². The third-order valence-electron chi connectivity index (χ3n) is 3.90. The van der Waals surface area contributed by atoms with Gasteiger partial charge in [0.1, 0.15) is 5.69 Å². The Balaban J connectivity index is 1.81. The summed E-state index contributed by atoms with van der Waals surface area (Å²) in [6.45, 7) is 0.881. The topological polar surface area (TPSA) is 96.3 Å². The summed E-state index contributed by atoms with van der Waals surface area (Å²) in [5, 5.41) is 6.26. The van der Waals surface area contributed by atoms with Crippen LogP contribution in [0.5, 0.6) is 0 Å². The number of aromatic nitrogens is 1. The number of carbonyl (C=O) groups is 1. The lowest BCUT2D eigenvalue weighted by atomic mass is 10.2. The Kier molecular flexibility index (Phi) is 3.88. The molecule has 0 radical (unpaired) electrons. The molecule has 1 aliphatic rings. The Morgan fingerprint density at radius 3 is 2.82 bits per heavy atom. The van der Waals surface area contributed by atoms with Crippen LogP contribution >= 0.6 is 11.6 Å². The maximum Gasteiger partial charge on any atom is 0.271 e. The molecular weight excluding hydrogens is 326 g/mol. The number of nitrogens with two attached hydrogens (primary N) is 1. The van der Waals surface area contributed by atoms with E-state index in [1.807, 2.05) is 24.3 Å². The highest BCUT2D eigenvalue weighted by molar-refractivity contribution is 7.89. The number of para-hydroxylation sites is 1. The molecular formula is C14H16ClN3O3S. The molecule has 6 nitrogen and oxygen atoms in total. The minimum Gasteiger partial charge on any atom is -0.349 e. The molecule has 1 saturated heterocycles. The first-order chi connectivity index (χ1) is 10.3. The highest BCUT2D eigenvalue weighted by Crippen LogP contribution is 2.29. The molecule has 3 rings (SSSR count). The van der Waals surface area contributed by atoms with E-state index in [1.54, 1.807) is 4.90 Å². The van der Waals surface area contributed by atoms with Gasteiger partial charge in [-0.25, -0.2) is 13.6 Å². The van der Waals surface area contributed by atoms with Crippen LogP contribution in [0, 0.1) is 5.92 Å². The quantitative estimate of drug-likeness (QED) is 0.886. The summed E-state index contributed by atoms with van der Waals surface area (Å²) in [5.41, 5.74) is 1.15. The SMILES string of the molecule is NS(=O)(=O)CC1CCN(C(=O)c2[nH]c3ccccc3c2Cl)C1. The van der Waals surface area contributed by atoms with Crippen LogP contribution in [0.3, 0.4) is 0 Å². The van der Waals surface area contributed by atoms with Crippen LogP contribution in [0.25, 0.3) is 10.9 Å². The van der Waals surface area contributed by atoms with Crippen LogP contribution in [0.1, 0.15) is 16.9 Å². The molecule has 1 fully saturated rings. The predicted molar refractivity (Wildman–Crippen MR) is 85.3 cm³/mol. The number of aromatic amines is 1. The van der Waals surface area contributed by atoms with E-state index >= 15 is 0 Å². The summed E-state index contributed by atoms with van der Waals surface area (Å²) in [4.78, 5) is 17.2. The first-order valence-corrected chi connectivity index (χ1v) is 9.00. The summed E-state index contributed by atoms with van der Waals surface area (Å²) in [5.74, 6) is -0.433. The van der Waals surface area contributed by atoms with Crippen molar-refractivity contribution < 1.29 is 13.2 Å². The average molecular weight is 342 g/mol. The van der Waals surface area contributed by atoms with E-state index in [-0.39, 0.29) is 17.6 Å². The Morgan fingerprint density at radius 2 is 2.14 bits per heavy atom.